The van der Waals surface area contributed by atoms with Crippen LogP contribution in [0.3, 0.4) is 0 Å². The lowest BCUT2D eigenvalue weighted by Gasteiger charge is -2.11. The Morgan fingerprint density at radius 3 is 2.75 bits per heavy atom. The Balaban J connectivity index is 1.75. The minimum absolute atomic E-state index is 0.0491. The van der Waals surface area contributed by atoms with E-state index in [1.807, 2.05) is 6.92 Å². The maximum atomic E-state index is 13.3. The highest BCUT2D eigenvalue weighted by Crippen LogP contribution is 2.28. The van der Waals surface area contributed by atoms with Crippen molar-refractivity contribution in [3.8, 4) is 5.75 Å². The van der Waals surface area contributed by atoms with Crippen molar-refractivity contribution in [3.05, 3.63) is 62.3 Å². The molecule has 0 saturated carbocycles. The van der Waals surface area contributed by atoms with Gasteiger partial charge in [-0.1, -0.05) is 11.6 Å². The topological polar surface area (TPSA) is 56.2 Å². The predicted octanol–water partition coefficient (Wildman–Crippen LogP) is 5.26. The van der Waals surface area contributed by atoms with E-state index in [1.165, 1.54) is 11.3 Å². The summed E-state index contributed by atoms with van der Waals surface area (Å²) in [4.78, 5) is 12.8. The first kappa shape index (κ1) is 20.2. The summed E-state index contributed by atoms with van der Waals surface area (Å²) in [6.07, 6.45) is 0. The number of benzene rings is 1. The van der Waals surface area contributed by atoms with E-state index in [1.54, 1.807) is 23.1 Å². The van der Waals surface area contributed by atoms with E-state index in [9.17, 15) is 18.0 Å². The number of alkyl halides is 2. The van der Waals surface area contributed by atoms with E-state index in [2.05, 4.69) is 15.2 Å². The van der Waals surface area contributed by atoms with Gasteiger partial charge in [0.05, 0.1) is 33.5 Å². The summed E-state index contributed by atoms with van der Waals surface area (Å²) in [5.41, 5.74) is 2.32. The third-order valence-electron chi connectivity index (χ3n) is 3.91. The number of aromatic nitrogens is 2. The largest absolute Gasteiger partial charge is 0.432 e. The maximum Gasteiger partial charge on any atom is 0.387 e. The quantitative estimate of drug-likeness (QED) is 0.581. The molecule has 1 N–H and O–H groups in total. The van der Waals surface area contributed by atoms with Gasteiger partial charge < -0.3 is 10.1 Å². The van der Waals surface area contributed by atoms with Crippen LogP contribution in [-0.2, 0) is 6.54 Å². The predicted molar refractivity (Wildman–Crippen MR) is 101 cm³/mol. The molecule has 5 nitrogen and oxygen atoms in total. The average Bonchev–Trinajstić information content (AvgIpc) is 3.18. The van der Waals surface area contributed by atoms with E-state index in [0.29, 0.717) is 16.4 Å². The van der Waals surface area contributed by atoms with Crippen molar-refractivity contribution < 1.29 is 22.7 Å². The molecule has 0 saturated heterocycles. The number of rotatable bonds is 6. The molecule has 0 atom stereocenters. The minimum atomic E-state index is -3.14. The van der Waals surface area contributed by atoms with Crippen molar-refractivity contribution in [2.45, 2.75) is 27.0 Å². The smallest absolute Gasteiger partial charge is 0.387 e. The lowest BCUT2D eigenvalue weighted by molar-refractivity contribution is -0.0495. The van der Waals surface area contributed by atoms with E-state index < -0.39 is 24.1 Å². The second-order valence-corrected chi connectivity index (χ2v) is 7.22. The van der Waals surface area contributed by atoms with Crippen LogP contribution in [0.15, 0.2) is 29.6 Å². The summed E-state index contributed by atoms with van der Waals surface area (Å²) in [6, 6.07) is 4.66. The van der Waals surface area contributed by atoms with Crippen LogP contribution in [0.25, 0.3) is 0 Å². The molecule has 0 aliphatic rings. The van der Waals surface area contributed by atoms with Crippen LogP contribution in [0.2, 0.25) is 5.02 Å². The number of halogens is 4. The van der Waals surface area contributed by atoms with Gasteiger partial charge in [-0.05, 0) is 43.0 Å². The van der Waals surface area contributed by atoms with Crippen molar-refractivity contribution in [1.29, 1.82) is 0 Å². The Hall–Kier alpha value is -2.52. The third kappa shape index (κ3) is 4.48. The van der Waals surface area contributed by atoms with Gasteiger partial charge in [-0.25, -0.2) is 4.39 Å². The normalized spacial score (nSPS) is 11.1. The van der Waals surface area contributed by atoms with Gasteiger partial charge in [0.1, 0.15) is 5.82 Å². The van der Waals surface area contributed by atoms with Gasteiger partial charge in [0.2, 0.25) is 0 Å². The van der Waals surface area contributed by atoms with Crippen LogP contribution in [0.4, 0.5) is 18.9 Å². The molecule has 0 fully saturated rings. The molecular weight excluding hydrogens is 415 g/mol. The van der Waals surface area contributed by atoms with Gasteiger partial charge >= 0.3 is 6.61 Å². The first-order chi connectivity index (χ1) is 13.2. The first-order valence-electron chi connectivity index (χ1n) is 8.07. The Morgan fingerprint density at radius 1 is 1.36 bits per heavy atom. The monoisotopic (exact) mass is 429 g/mol. The van der Waals surface area contributed by atoms with Crippen molar-refractivity contribution >= 4 is 34.5 Å². The zero-order valence-electron chi connectivity index (χ0n) is 14.8. The molecule has 28 heavy (non-hydrogen) atoms. The average molecular weight is 430 g/mol. The molecule has 0 aliphatic heterocycles. The number of hydrogen-bond donors (Lipinski definition) is 1. The first-order valence-corrected chi connectivity index (χ1v) is 9.33. The number of carbonyl (C=O) groups is 1. The molecule has 0 aliphatic carbocycles. The minimum Gasteiger partial charge on any atom is -0.432 e. The summed E-state index contributed by atoms with van der Waals surface area (Å²) in [5, 5.41) is 9.19. The molecule has 1 amide bonds. The van der Waals surface area contributed by atoms with Crippen LogP contribution in [-0.4, -0.2) is 22.3 Å². The number of ether oxygens (including phenoxy) is 1. The van der Waals surface area contributed by atoms with Crippen LogP contribution >= 0.6 is 22.9 Å². The third-order valence-corrected chi connectivity index (χ3v) is 5.44. The standard InChI is InChI=1S/C18H15ClF3N3O2S/c1-9-16(19)10(2)25(24-9)7-11-5-15(28-8-11)17(26)23-13-4-3-12(20)6-14(13)27-18(21)22/h3-6,8,18H,7H2,1-2H3,(H,23,26). The number of hydrogen-bond acceptors (Lipinski definition) is 4. The zero-order valence-corrected chi connectivity index (χ0v) is 16.4. The van der Waals surface area contributed by atoms with E-state index in [-0.39, 0.29) is 5.69 Å². The van der Waals surface area contributed by atoms with Gasteiger partial charge in [0.15, 0.2) is 5.75 Å². The number of nitrogens with one attached hydrogen (secondary N) is 1. The van der Waals surface area contributed by atoms with Crippen molar-refractivity contribution in [3.63, 3.8) is 0 Å². The number of nitrogens with zero attached hydrogens (tertiary/aromatic N) is 2. The van der Waals surface area contributed by atoms with Crippen molar-refractivity contribution in [2.24, 2.45) is 0 Å². The van der Waals surface area contributed by atoms with Crippen LogP contribution in [0.1, 0.15) is 26.6 Å². The molecule has 3 rings (SSSR count). The van der Waals surface area contributed by atoms with E-state index >= 15 is 0 Å². The van der Waals surface area contributed by atoms with Crippen molar-refractivity contribution in [2.75, 3.05) is 5.32 Å². The fourth-order valence-corrected chi connectivity index (χ4v) is 3.49. The number of anilines is 1. The van der Waals surface area contributed by atoms with E-state index in [4.69, 9.17) is 11.6 Å². The van der Waals surface area contributed by atoms with Gasteiger partial charge in [-0.3, -0.25) is 9.48 Å². The SMILES string of the molecule is Cc1nn(Cc2csc(C(=O)Nc3ccc(F)cc3OC(F)F)c2)c(C)c1Cl. The molecule has 10 heteroatoms. The fraction of sp³-hybridized carbons (Fsp3) is 0.222. The lowest BCUT2D eigenvalue weighted by atomic mass is 10.2. The van der Waals surface area contributed by atoms with Gasteiger partial charge in [0.25, 0.3) is 5.91 Å². The second-order valence-electron chi connectivity index (χ2n) is 5.93. The molecule has 3 aromatic rings. The Bertz CT molecular complexity index is 1020. The number of thiophene rings is 1. The van der Waals surface area contributed by atoms with Crippen LogP contribution in [0, 0.1) is 19.7 Å². The van der Waals surface area contributed by atoms with E-state index in [0.717, 1.165) is 35.2 Å². The van der Waals surface area contributed by atoms with Gasteiger partial charge in [-0.2, -0.15) is 13.9 Å². The Morgan fingerprint density at radius 2 is 2.11 bits per heavy atom. The summed E-state index contributed by atoms with van der Waals surface area (Å²) in [5.74, 6) is -1.72. The Kier molecular flexibility index (Phi) is 5.95. The number of aryl methyl sites for hydroxylation is 1. The molecule has 0 spiro atoms. The molecule has 1 aromatic carbocycles. The summed E-state index contributed by atoms with van der Waals surface area (Å²) < 4.78 is 44.3. The van der Waals surface area contributed by atoms with Gasteiger partial charge in [0, 0.05) is 6.07 Å². The van der Waals surface area contributed by atoms with Gasteiger partial charge in [-0.15, -0.1) is 11.3 Å². The highest BCUT2D eigenvalue weighted by Gasteiger charge is 2.16. The van der Waals surface area contributed by atoms with Crippen molar-refractivity contribution in [1.82, 2.24) is 9.78 Å². The zero-order chi connectivity index (χ0) is 20.4. The molecule has 2 aromatic heterocycles. The highest BCUT2D eigenvalue weighted by molar-refractivity contribution is 7.12. The van der Waals surface area contributed by atoms with Crippen LogP contribution < -0.4 is 10.1 Å². The van der Waals surface area contributed by atoms with Crippen LogP contribution in [0.5, 0.6) is 5.75 Å². The second kappa shape index (κ2) is 8.24. The fourth-order valence-electron chi connectivity index (χ4n) is 2.56. The number of carbonyl (C=O) groups excluding carboxylic acids is 1. The Labute approximate surface area is 167 Å². The molecular formula is C18H15ClF3N3O2S. The molecule has 0 radical (unpaired) electrons. The molecule has 2 heterocycles. The summed E-state index contributed by atoms with van der Waals surface area (Å²) in [7, 11) is 0. The highest BCUT2D eigenvalue weighted by atomic mass is 35.5. The molecule has 0 bridgehead atoms. The molecule has 0 unspecified atom stereocenters. The lowest BCUT2D eigenvalue weighted by Crippen LogP contribution is -2.13. The summed E-state index contributed by atoms with van der Waals surface area (Å²) in [6.45, 7) is 0.944. The number of amides is 1. The molecule has 148 valence electrons. The maximum absolute atomic E-state index is 13.3. The summed E-state index contributed by atoms with van der Waals surface area (Å²) >= 11 is 7.32.